The summed E-state index contributed by atoms with van der Waals surface area (Å²) in [4.78, 5) is 12.3. The molecule has 0 spiro atoms. The Bertz CT molecular complexity index is 918. The van der Waals surface area contributed by atoms with Crippen molar-refractivity contribution in [2.24, 2.45) is 0 Å². The third kappa shape index (κ3) is 3.51. The van der Waals surface area contributed by atoms with E-state index in [0.29, 0.717) is 17.2 Å². The maximum absolute atomic E-state index is 12.3. The first-order valence-corrected chi connectivity index (χ1v) is 7.97. The van der Waals surface area contributed by atoms with Crippen LogP contribution in [0.2, 0.25) is 0 Å². The zero-order valence-corrected chi connectivity index (χ0v) is 14.6. The quantitative estimate of drug-likeness (QED) is 0.698. The van der Waals surface area contributed by atoms with Crippen LogP contribution in [0.4, 0.5) is 0 Å². The summed E-state index contributed by atoms with van der Waals surface area (Å²) >= 11 is 0. The average molecular weight is 354 g/mol. The van der Waals surface area contributed by atoms with Gasteiger partial charge in [-0.3, -0.25) is 0 Å². The van der Waals surface area contributed by atoms with E-state index in [4.69, 9.17) is 13.9 Å². The molecule has 1 N–H and O–H groups in total. The molecule has 2 aromatic carbocycles. The van der Waals surface area contributed by atoms with Crippen molar-refractivity contribution in [3.05, 3.63) is 59.5 Å². The fourth-order valence-corrected chi connectivity index (χ4v) is 2.35. The molecule has 1 atom stereocenters. The summed E-state index contributed by atoms with van der Waals surface area (Å²) < 4.78 is 16.0. The maximum Gasteiger partial charge on any atom is 0.342 e. The number of aromatic hydroxyl groups is 1. The molecule has 134 valence electrons. The summed E-state index contributed by atoms with van der Waals surface area (Å²) in [7, 11) is 1.59. The first-order valence-electron chi connectivity index (χ1n) is 7.97. The highest BCUT2D eigenvalue weighted by atomic mass is 16.6. The van der Waals surface area contributed by atoms with Gasteiger partial charge in [-0.05, 0) is 49.7 Å². The summed E-state index contributed by atoms with van der Waals surface area (Å²) in [5.41, 5.74) is 1.40. The molecule has 0 saturated carbocycles. The molecule has 1 heterocycles. The maximum atomic E-state index is 12.3. The molecule has 0 unspecified atom stereocenters. The van der Waals surface area contributed by atoms with Crippen LogP contribution in [0.15, 0.2) is 46.9 Å². The van der Waals surface area contributed by atoms with E-state index in [9.17, 15) is 9.90 Å². The van der Waals surface area contributed by atoms with Crippen LogP contribution in [-0.2, 0) is 4.74 Å². The number of rotatable bonds is 5. The Kier molecular flexibility index (Phi) is 4.88. The number of carbonyl (C=O) groups excluding carboxylic acids is 1. The molecule has 0 saturated heterocycles. The van der Waals surface area contributed by atoms with Gasteiger partial charge in [-0.2, -0.15) is 0 Å². The first-order chi connectivity index (χ1) is 12.5. The molecule has 1 aromatic heterocycles. The SMILES string of the molecule is COc1ccc(-c2nnc([C@H](C)OC(=O)c3cccc(C)c3O)o2)cc1. The van der Waals surface area contributed by atoms with Crippen molar-refractivity contribution in [3.8, 4) is 23.0 Å². The Morgan fingerprint density at radius 2 is 1.88 bits per heavy atom. The number of aryl methyl sites for hydroxylation is 1. The molecule has 26 heavy (non-hydrogen) atoms. The van der Waals surface area contributed by atoms with Crippen molar-refractivity contribution >= 4 is 5.97 Å². The van der Waals surface area contributed by atoms with Crippen LogP contribution in [0.1, 0.15) is 34.8 Å². The third-order valence-electron chi connectivity index (χ3n) is 3.87. The summed E-state index contributed by atoms with van der Waals surface area (Å²) in [6.07, 6.45) is -0.762. The zero-order chi connectivity index (χ0) is 18.7. The summed E-state index contributed by atoms with van der Waals surface area (Å²) in [6.45, 7) is 3.32. The summed E-state index contributed by atoms with van der Waals surface area (Å²) in [6, 6.07) is 12.0. The van der Waals surface area contributed by atoms with E-state index in [0.717, 1.165) is 5.56 Å². The van der Waals surface area contributed by atoms with Crippen LogP contribution in [0, 0.1) is 6.92 Å². The second kappa shape index (κ2) is 7.26. The van der Waals surface area contributed by atoms with Crippen molar-refractivity contribution in [1.82, 2.24) is 10.2 Å². The van der Waals surface area contributed by atoms with Crippen molar-refractivity contribution in [1.29, 1.82) is 0 Å². The number of nitrogens with zero attached hydrogens (tertiary/aromatic N) is 2. The molecule has 0 amide bonds. The fraction of sp³-hybridized carbons (Fsp3) is 0.211. The standard InChI is InChI=1S/C19H18N2O5/c1-11-5-4-6-15(16(11)22)19(23)25-12(2)17-20-21-18(26-17)13-7-9-14(24-3)10-8-13/h4-10,12,22H,1-3H3/t12-/m0/s1. The average Bonchev–Trinajstić information content (AvgIpc) is 3.14. The van der Waals surface area contributed by atoms with Crippen molar-refractivity contribution in [2.75, 3.05) is 7.11 Å². The van der Waals surface area contributed by atoms with Crippen LogP contribution in [0.3, 0.4) is 0 Å². The van der Waals surface area contributed by atoms with Gasteiger partial charge in [0.15, 0.2) is 6.10 Å². The Labute approximate surface area is 150 Å². The van der Waals surface area contributed by atoms with Crippen LogP contribution >= 0.6 is 0 Å². The number of methoxy groups -OCH3 is 1. The van der Waals surface area contributed by atoms with Crippen molar-refractivity contribution in [2.45, 2.75) is 20.0 Å². The molecule has 0 aliphatic heterocycles. The number of phenolic OH excluding ortho intramolecular Hbond substituents is 1. The van der Waals surface area contributed by atoms with E-state index in [1.54, 1.807) is 57.4 Å². The van der Waals surface area contributed by atoms with E-state index in [-0.39, 0.29) is 17.2 Å². The van der Waals surface area contributed by atoms with Crippen LogP contribution in [0.5, 0.6) is 11.5 Å². The number of phenols is 1. The molecular formula is C19H18N2O5. The highest BCUT2D eigenvalue weighted by molar-refractivity contribution is 5.92. The lowest BCUT2D eigenvalue weighted by molar-refractivity contribution is 0.0276. The second-order valence-corrected chi connectivity index (χ2v) is 5.69. The molecular weight excluding hydrogens is 336 g/mol. The minimum Gasteiger partial charge on any atom is -0.507 e. The molecule has 7 nitrogen and oxygen atoms in total. The van der Waals surface area contributed by atoms with Gasteiger partial charge in [-0.1, -0.05) is 12.1 Å². The lowest BCUT2D eigenvalue weighted by Crippen LogP contribution is -2.10. The van der Waals surface area contributed by atoms with Crippen LogP contribution in [-0.4, -0.2) is 28.4 Å². The number of aromatic nitrogens is 2. The van der Waals surface area contributed by atoms with E-state index in [1.165, 1.54) is 6.07 Å². The van der Waals surface area contributed by atoms with Gasteiger partial charge >= 0.3 is 5.97 Å². The molecule has 7 heteroatoms. The van der Waals surface area contributed by atoms with E-state index in [1.807, 2.05) is 0 Å². The fourth-order valence-electron chi connectivity index (χ4n) is 2.35. The van der Waals surface area contributed by atoms with E-state index in [2.05, 4.69) is 10.2 Å². The predicted octanol–water partition coefficient (Wildman–Crippen LogP) is 3.68. The number of para-hydroxylation sites is 1. The molecule has 0 aliphatic rings. The van der Waals surface area contributed by atoms with Gasteiger partial charge in [0.25, 0.3) is 5.89 Å². The Morgan fingerprint density at radius 1 is 1.15 bits per heavy atom. The zero-order valence-electron chi connectivity index (χ0n) is 14.6. The summed E-state index contributed by atoms with van der Waals surface area (Å²) in [5.74, 6) is 0.422. The number of esters is 1. The molecule has 0 aliphatic carbocycles. The lowest BCUT2D eigenvalue weighted by Gasteiger charge is -2.11. The van der Waals surface area contributed by atoms with Gasteiger partial charge < -0.3 is 19.0 Å². The second-order valence-electron chi connectivity index (χ2n) is 5.69. The van der Waals surface area contributed by atoms with Crippen molar-refractivity contribution in [3.63, 3.8) is 0 Å². The summed E-state index contributed by atoms with van der Waals surface area (Å²) in [5, 5.41) is 17.9. The van der Waals surface area contributed by atoms with Gasteiger partial charge in [-0.25, -0.2) is 4.79 Å². The normalized spacial score (nSPS) is 11.8. The number of hydrogen-bond donors (Lipinski definition) is 1. The molecule has 0 fully saturated rings. The monoisotopic (exact) mass is 354 g/mol. The highest BCUT2D eigenvalue weighted by Gasteiger charge is 2.22. The highest BCUT2D eigenvalue weighted by Crippen LogP contribution is 2.27. The Balaban J connectivity index is 1.74. The Morgan fingerprint density at radius 3 is 2.58 bits per heavy atom. The Hall–Kier alpha value is -3.35. The van der Waals surface area contributed by atoms with Gasteiger partial charge in [0, 0.05) is 5.56 Å². The minimum absolute atomic E-state index is 0.0896. The first kappa shape index (κ1) is 17.5. The smallest absolute Gasteiger partial charge is 0.342 e. The van der Waals surface area contributed by atoms with E-state index < -0.39 is 12.1 Å². The number of carbonyl (C=O) groups is 1. The number of benzene rings is 2. The predicted molar refractivity (Wildman–Crippen MR) is 93.0 cm³/mol. The van der Waals surface area contributed by atoms with Gasteiger partial charge in [0.2, 0.25) is 5.89 Å². The van der Waals surface area contributed by atoms with Crippen molar-refractivity contribution < 1.29 is 23.8 Å². The molecule has 3 aromatic rings. The van der Waals surface area contributed by atoms with Gasteiger partial charge in [0.05, 0.1) is 7.11 Å². The minimum atomic E-state index is -0.762. The van der Waals surface area contributed by atoms with Crippen LogP contribution in [0.25, 0.3) is 11.5 Å². The number of hydrogen-bond acceptors (Lipinski definition) is 7. The van der Waals surface area contributed by atoms with Gasteiger partial charge in [-0.15, -0.1) is 10.2 Å². The largest absolute Gasteiger partial charge is 0.507 e. The van der Waals surface area contributed by atoms with Crippen LogP contribution < -0.4 is 4.74 Å². The topological polar surface area (TPSA) is 94.7 Å². The third-order valence-corrected chi connectivity index (χ3v) is 3.87. The molecule has 0 radical (unpaired) electrons. The lowest BCUT2D eigenvalue weighted by atomic mass is 10.1. The number of ether oxygens (including phenoxy) is 2. The van der Waals surface area contributed by atoms with Gasteiger partial charge in [0.1, 0.15) is 17.1 Å². The molecule has 0 bridgehead atoms. The molecule has 3 rings (SSSR count). The van der Waals surface area contributed by atoms with E-state index >= 15 is 0 Å².